The van der Waals surface area contributed by atoms with Gasteiger partial charge in [0.1, 0.15) is 0 Å². The molecular weight excluding hydrogens is 453 g/mol. The Balaban J connectivity index is 1.78. The molecule has 7 heteroatoms. The quantitative estimate of drug-likeness (QED) is 0.305. The van der Waals surface area contributed by atoms with E-state index in [1.54, 1.807) is 0 Å². The van der Waals surface area contributed by atoms with Crippen LogP contribution in [0.1, 0.15) is 0 Å². The molecule has 1 aliphatic carbocycles. The van der Waals surface area contributed by atoms with Crippen molar-refractivity contribution in [3.05, 3.63) is 100 Å². The Labute approximate surface area is 201 Å². The van der Waals surface area contributed by atoms with Gasteiger partial charge in [-0.25, -0.2) is 4.98 Å². The van der Waals surface area contributed by atoms with Crippen molar-refractivity contribution in [1.82, 2.24) is 9.55 Å². The van der Waals surface area contributed by atoms with Crippen molar-refractivity contribution < 1.29 is 0 Å². The number of hydrogen-bond acceptors (Lipinski definition) is 4. The zero-order chi connectivity index (χ0) is 22.8. The molecule has 33 heavy (non-hydrogen) atoms. The molecule has 1 heterocycles. The Kier molecular flexibility index (Phi) is 6.01. The minimum absolute atomic E-state index is 0.464. The molecule has 3 aromatic rings. The molecule has 3 N–H and O–H groups in total. The second-order valence-corrected chi connectivity index (χ2v) is 8.45. The van der Waals surface area contributed by atoms with Gasteiger partial charge >= 0.3 is 0 Å². The summed E-state index contributed by atoms with van der Waals surface area (Å²) in [4.78, 5) is 9.69. The highest BCUT2D eigenvalue weighted by Crippen LogP contribution is 2.31. The van der Waals surface area contributed by atoms with Gasteiger partial charge in [0.25, 0.3) is 0 Å². The first-order valence-electron chi connectivity index (χ1n) is 10.6. The van der Waals surface area contributed by atoms with Crippen LogP contribution in [0.25, 0.3) is 28.1 Å². The summed E-state index contributed by atoms with van der Waals surface area (Å²) in [7, 11) is 0. The number of halogens is 2. The van der Waals surface area contributed by atoms with E-state index in [0.29, 0.717) is 23.1 Å². The van der Waals surface area contributed by atoms with E-state index in [0.717, 1.165) is 44.8 Å². The first-order chi connectivity index (χ1) is 16.1. The van der Waals surface area contributed by atoms with Gasteiger partial charge in [0, 0.05) is 28.0 Å². The van der Waals surface area contributed by atoms with Gasteiger partial charge in [-0.3, -0.25) is 4.99 Å². The monoisotopic (exact) mass is 473 g/mol. The molecule has 0 amide bonds. The normalized spacial score (nSPS) is 11.9. The molecule has 0 spiro atoms. The SMILES string of the molecule is NCCN=c1cc2n(-c3ccc(Cl)cc3)c3ccccc3nc-2cc1Nc1ccc(Cl)cc1. The van der Waals surface area contributed by atoms with Crippen molar-refractivity contribution in [3.63, 3.8) is 0 Å². The van der Waals surface area contributed by atoms with Crippen molar-refractivity contribution in [2.24, 2.45) is 10.7 Å². The molecular formula is C26H21Cl2N5. The predicted octanol–water partition coefficient (Wildman–Crippen LogP) is 6.04. The molecule has 0 aromatic heterocycles. The van der Waals surface area contributed by atoms with Crippen molar-refractivity contribution in [2.75, 3.05) is 18.4 Å². The fourth-order valence-electron chi connectivity index (χ4n) is 3.81. The van der Waals surface area contributed by atoms with Crippen LogP contribution in [0.15, 0.2) is 89.9 Å². The number of nitrogens with zero attached hydrogens (tertiary/aromatic N) is 3. The molecule has 0 unspecified atom stereocenters. The number of nitrogens with one attached hydrogen (secondary N) is 1. The van der Waals surface area contributed by atoms with Gasteiger partial charge < -0.3 is 15.6 Å². The molecule has 5 nitrogen and oxygen atoms in total. The third-order valence-electron chi connectivity index (χ3n) is 5.32. The van der Waals surface area contributed by atoms with E-state index in [1.165, 1.54) is 0 Å². The third kappa shape index (κ3) is 4.44. The summed E-state index contributed by atoms with van der Waals surface area (Å²) in [5.41, 5.74) is 12.2. The lowest BCUT2D eigenvalue weighted by Gasteiger charge is -2.20. The van der Waals surface area contributed by atoms with Gasteiger partial charge in [-0.05, 0) is 72.8 Å². The van der Waals surface area contributed by atoms with Gasteiger partial charge in [0.15, 0.2) is 0 Å². The molecule has 3 aromatic carbocycles. The summed E-state index contributed by atoms with van der Waals surface area (Å²) in [6, 6.07) is 27.5. The number of anilines is 2. The standard InChI is InChI=1S/C26H21Cl2N5/c27-17-5-9-19(10-6-17)31-23-15-24-26(16-22(23)30-14-13-29)33(20-11-7-18(28)8-12-20)25-4-2-1-3-21(25)32-24/h1-12,15-16,31H,13-14,29H2. The molecule has 2 aliphatic rings. The van der Waals surface area contributed by atoms with Crippen LogP contribution >= 0.6 is 23.2 Å². The van der Waals surface area contributed by atoms with Gasteiger partial charge in [0.2, 0.25) is 0 Å². The van der Waals surface area contributed by atoms with Crippen LogP contribution in [0, 0.1) is 0 Å². The fourth-order valence-corrected chi connectivity index (χ4v) is 4.07. The Morgan fingerprint density at radius 3 is 2.30 bits per heavy atom. The lowest BCUT2D eigenvalue weighted by Crippen LogP contribution is -2.16. The van der Waals surface area contributed by atoms with E-state index in [-0.39, 0.29) is 0 Å². The number of hydrogen-bond donors (Lipinski definition) is 2. The van der Waals surface area contributed by atoms with Crippen molar-refractivity contribution >= 4 is 45.6 Å². The minimum Gasteiger partial charge on any atom is -0.354 e. The van der Waals surface area contributed by atoms with E-state index >= 15 is 0 Å². The lowest BCUT2D eigenvalue weighted by atomic mass is 10.1. The van der Waals surface area contributed by atoms with Crippen LogP contribution in [0.2, 0.25) is 10.0 Å². The highest BCUT2D eigenvalue weighted by Gasteiger charge is 2.16. The Morgan fingerprint density at radius 1 is 0.879 bits per heavy atom. The summed E-state index contributed by atoms with van der Waals surface area (Å²) in [5.74, 6) is 0. The Morgan fingerprint density at radius 2 is 1.58 bits per heavy atom. The van der Waals surface area contributed by atoms with E-state index in [9.17, 15) is 0 Å². The molecule has 5 rings (SSSR count). The Hall–Kier alpha value is -3.38. The fraction of sp³-hybridized carbons (Fsp3) is 0.0769. The molecule has 0 radical (unpaired) electrons. The summed E-state index contributed by atoms with van der Waals surface area (Å²) >= 11 is 12.2. The lowest BCUT2D eigenvalue weighted by molar-refractivity contribution is 0.941. The summed E-state index contributed by atoms with van der Waals surface area (Å²) < 4.78 is 2.18. The summed E-state index contributed by atoms with van der Waals surface area (Å²) in [5, 5.41) is 5.64. The van der Waals surface area contributed by atoms with Gasteiger partial charge in [-0.15, -0.1) is 0 Å². The van der Waals surface area contributed by atoms with Gasteiger partial charge in [-0.1, -0.05) is 35.3 Å². The number of rotatable bonds is 5. The van der Waals surface area contributed by atoms with Crippen molar-refractivity contribution in [3.8, 4) is 17.1 Å². The predicted molar refractivity (Wildman–Crippen MR) is 137 cm³/mol. The minimum atomic E-state index is 0.464. The number of aromatic nitrogens is 2. The third-order valence-corrected chi connectivity index (χ3v) is 5.82. The second-order valence-electron chi connectivity index (χ2n) is 7.57. The average Bonchev–Trinajstić information content (AvgIpc) is 2.83. The molecule has 0 bridgehead atoms. The van der Waals surface area contributed by atoms with E-state index < -0.39 is 0 Å². The molecule has 0 atom stereocenters. The first-order valence-corrected chi connectivity index (χ1v) is 11.3. The van der Waals surface area contributed by atoms with Crippen molar-refractivity contribution in [2.45, 2.75) is 0 Å². The Bertz CT molecular complexity index is 1460. The van der Waals surface area contributed by atoms with Gasteiger partial charge in [-0.2, -0.15) is 0 Å². The average molecular weight is 474 g/mol. The number of fused-ring (bicyclic) bond motifs is 2. The smallest absolute Gasteiger partial charge is 0.0900 e. The molecule has 0 fully saturated rings. The highest BCUT2D eigenvalue weighted by molar-refractivity contribution is 6.30. The van der Waals surface area contributed by atoms with E-state index in [4.69, 9.17) is 38.9 Å². The topological polar surface area (TPSA) is 68.2 Å². The van der Waals surface area contributed by atoms with Gasteiger partial charge in [0.05, 0.1) is 40.0 Å². The summed E-state index contributed by atoms with van der Waals surface area (Å²) in [6.45, 7) is 0.980. The number of para-hydroxylation sites is 2. The molecule has 0 saturated carbocycles. The zero-order valence-electron chi connectivity index (χ0n) is 17.7. The maximum atomic E-state index is 6.16. The van der Waals surface area contributed by atoms with Crippen LogP contribution in [-0.2, 0) is 0 Å². The zero-order valence-corrected chi connectivity index (χ0v) is 19.2. The summed E-state index contributed by atoms with van der Waals surface area (Å²) in [6.07, 6.45) is 0. The van der Waals surface area contributed by atoms with Crippen LogP contribution < -0.4 is 16.4 Å². The van der Waals surface area contributed by atoms with E-state index in [2.05, 4.69) is 22.0 Å². The van der Waals surface area contributed by atoms with Crippen molar-refractivity contribution in [1.29, 1.82) is 0 Å². The van der Waals surface area contributed by atoms with Crippen LogP contribution in [0.4, 0.5) is 11.4 Å². The maximum Gasteiger partial charge on any atom is 0.0900 e. The molecule has 1 aliphatic heterocycles. The van der Waals surface area contributed by atoms with Crippen LogP contribution in [0.5, 0.6) is 0 Å². The second kappa shape index (κ2) is 9.24. The first kappa shape index (κ1) is 21.5. The molecule has 164 valence electrons. The van der Waals surface area contributed by atoms with Crippen LogP contribution in [0.3, 0.4) is 0 Å². The van der Waals surface area contributed by atoms with Crippen LogP contribution in [-0.4, -0.2) is 22.6 Å². The number of benzene rings is 4. The largest absolute Gasteiger partial charge is 0.354 e. The molecule has 0 saturated heterocycles. The maximum absolute atomic E-state index is 6.16. The number of nitrogens with two attached hydrogens (primary N) is 1. The van der Waals surface area contributed by atoms with E-state index in [1.807, 2.05) is 72.8 Å². The highest BCUT2D eigenvalue weighted by atomic mass is 35.5.